The van der Waals surface area contributed by atoms with Crippen molar-refractivity contribution in [1.29, 1.82) is 0 Å². The zero-order chi connectivity index (χ0) is 18.2. The number of nitrogens with two attached hydrogens (primary N) is 1. The SMILES string of the molecule is Cc1cc(C2(c3ccc(S(N)(=O)=O)c(F)c3)C=CC=NC2)ccc1Cl. The van der Waals surface area contributed by atoms with Crippen LogP contribution in [0, 0.1) is 12.7 Å². The van der Waals surface area contributed by atoms with Crippen molar-refractivity contribution >= 4 is 27.8 Å². The highest BCUT2D eigenvalue weighted by atomic mass is 35.5. The summed E-state index contributed by atoms with van der Waals surface area (Å²) >= 11 is 6.12. The van der Waals surface area contributed by atoms with E-state index in [9.17, 15) is 12.8 Å². The maximum absolute atomic E-state index is 14.4. The van der Waals surface area contributed by atoms with Crippen LogP contribution in [0.2, 0.25) is 5.02 Å². The van der Waals surface area contributed by atoms with Crippen LogP contribution in [0.3, 0.4) is 0 Å². The van der Waals surface area contributed by atoms with E-state index in [0.717, 1.165) is 11.1 Å². The van der Waals surface area contributed by atoms with Gasteiger partial charge in [0, 0.05) is 11.2 Å². The van der Waals surface area contributed by atoms with Gasteiger partial charge in [0.25, 0.3) is 0 Å². The molecule has 0 radical (unpaired) electrons. The Morgan fingerprint density at radius 1 is 1.20 bits per heavy atom. The Morgan fingerprint density at radius 2 is 1.88 bits per heavy atom. The Labute approximate surface area is 150 Å². The van der Waals surface area contributed by atoms with Gasteiger partial charge in [-0.2, -0.15) is 0 Å². The van der Waals surface area contributed by atoms with Gasteiger partial charge in [-0.3, -0.25) is 4.99 Å². The number of aliphatic imine (C=N–C) groups is 1. The second kappa shape index (κ2) is 6.37. The van der Waals surface area contributed by atoms with Crippen LogP contribution < -0.4 is 5.14 Å². The molecule has 0 aliphatic carbocycles. The summed E-state index contributed by atoms with van der Waals surface area (Å²) in [6.07, 6.45) is 5.39. The summed E-state index contributed by atoms with van der Waals surface area (Å²) in [4.78, 5) is 3.80. The van der Waals surface area contributed by atoms with Gasteiger partial charge in [-0.05, 0) is 47.9 Å². The second-order valence-corrected chi connectivity index (χ2v) is 7.91. The Bertz CT molecular complexity index is 1000. The molecule has 1 atom stereocenters. The molecule has 1 aliphatic rings. The van der Waals surface area contributed by atoms with Crippen molar-refractivity contribution in [2.24, 2.45) is 10.1 Å². The summed E-state index contributed by atoms with van der Waals surface area (Å²) in [7, 11) is -4.12. The average molecular weight is 379 g/mol. The van der Waals surface area contributed by atoms with Crippen LogP contribution in [0.15, 0.2) is 58.4 Å². The van der Waals surface area contributed by atoms with E-state index in [1.165, 1.54) is 12.1 Å². The summed E-state index contributed by atoms with van der Waals surface area (Å²) < 4.78 is 37.3. The molecular weight excluding hydrogens is 363 g/mol. The van der Waals surface area contributed by atoms with Gasteiger partial charge in [0.05, 0.1) is 12.0 Å². The Morgan fingerprint density at radius 3 is 2.44 bits per heavy atom. The van der Waals surface area contributed by atoms with Gasteiger partial charge in [0.2, 0.25) is 10.0 Å². The third kappa shape index (κ3) is 3.25. The van der Waals surface area contributed by atoms with Crippen molar-refractivity contribution in [1.82, 2.24) is 0 Å². The summed E-state index contributed by atoms with van der Waals surface area (Å²) in [6.45, 7) is 2.26. The molecule has 2 aromatic rings. The summed E-state index contributed by atoms with van der Waals surface area (Å²) in [5.74, 6) is -0.881. The Hall–Kier alpha value is -2.02. The zero-order valence-electron chi connectivity index (χ0n) is 13.4. The molecule has 1 heterocycles. The number of hydrogen-bond donors (Lipinski definition) is 1. The number of halogens is 2. The van der Waals surface area contributed by atoms with Crippen molar-refractivity contribution in [3.63, 3.8) is 0 Å². The molecule has 2 aromatic carbocycles. The minimum atomic E-state index is -4.12. The van der Waals surface area contributed by atoms with Gasteiger partial charge in [-0.15, -0.1) is 0 Å². The van der Waals surface area contributed by atoms with Gasteiger partial charge in [0.1, 0.15) is 10.7 Å². The van der Waals surface area contributed by atoms with Gasteiger partial charge in [0.15, 0.2) is 0 Å². The first-order valence-electron chi connectivity index (χ1n) is 7.51. The number of dihydropyridines is 1. The van der Waals surface area contributed by atoms with Crippen molar-refractivity contribution < 1.29 is 12.8 Å². The van der Waals surface area contributed by atoms with Crippen LogP contribution >= 0.6 is 11.6 Å². The van der Waals surface area contributed by atoms with E-state index >= 15 is 0 Å². The molecule has 0 spiro atoms. The first-order chi connectivity index (χ1) is 11.7. The number of benzene rings is 2. The minimum absolute atomic E-state index is 0.374. The zero-order valence-corrected chi connectivity index (χ0v) is 15.0. The fourth-order valence-electron chi connectivity index (χ4n) is 2.99. The van der Waals surface area contributed by atoms with E-state index in [2.05, 4.69) is 4.99 Å². The summed E-state index contributed by atoms with van der Waals surface area (Å²) in [5, 5.41) is 5.68. The summed E-state index contributed by atoms with van der Waals surface area (Å²) in [6, 6.07) is 9.55. The largest absolute Gasteiger partial charge is 0.292 e. The highest BCUT2D eigenvalue weighted by Gasteiger charge is 2.34. The maximum atomic E-state index is 14.4. The van der Waals surface area contributed by atoms with E-state index in [0.29, 0.717) is 17.1 Å². The first kappa shape index (κ1) is 17.8. The fourth-order valence-corrected chi connectivity index (χ4v) is 3.70. The lowest BCUT2D eigenvalue weighted by atomic mass is 9.73. The number of sulfonamides is 1. The van der Waals surface area contributed by atoms with Crippen molar-refractivity contribution in [2.75, 3.05) is 6.54 Å². The summed E-state index contributed by atoms with van der Waals surface area (Å²) in [5.41, 5.74) is 1.67. The average Bonchev–Trinajstić information content (AvgIpc) is 2.56. The molecular formula is C18H16ClFN2O2S. The van der Waals surface area contributed by atoms with Crippen LogP contribution in [0.4, 0.5) is 4.39 Å². The molecule has 1 unspecified atom stereocenters. The first-order valence-corrected chi connectivity index (χ1v) is 9.43. The molecule has 2 N–H and O–H groups in total. The van der Waals surface area contributed by atoms with E-state index in [1.807, 2.05) is 25.1 Å². The fraction of sp³-hybridized carbons (Fsp3) is 0.167. The highest BCUT2D eigenvalue weighted by Crippen LogP contribution is 2.38. The lowest BCUT2D eigenvalue weighted by molar-refractivity contribution is 0.561. The van der Waals surface area contributed by atoms with Gasteiger partial charge < -0.3 is 0 Å². The number of hydrogen-bond acceptors (Lipinski definition) is 3. The minimum Gasteiger partial charge on any atom is -0.292 e. The molecule has 25 heavy (non-hydrogen) atoms. The molecule has 0 amide bonds. The third-order valence-electron chi connectivity index (χ3n) is 4.34. The predicted octanol–water partition coefficient (Wildman–Crippen LogP) is 3.36. The van der Waals surface area contributed by atoms with E-state index < -0.39 is 26.2 Å². The van der Waals surface area contributed by atoms with Crippen LogP contribution in [-0.4, -0.2) is 21.2 Å². The van der Waals surface area contributed by atoms with Crippen LogP contribution in [0.25, 0.3) is 0 Å². The number of nitrogens with zero attached hydrogens (tertiary/aromatic N) is 1. The molecule has 0 aromatic heterocycles. The molecule has 3 rings (SSSR count). The molecule has 1 aliphatic heterocycles. The molecule has 0 bridgehead atoms. The van der Waals surface area contributed by atoms with E-state index in [-0.39, 0.29) is 0 Å². The molecule has 0 saturated carbocycles. The van der Waals surface area contributed by atoms with E-state index in [4.69, 9.17) is 16.7 Å². The maximum Gasteiger partial charge on any atom is 0.240 e. The standard InChI is InChI=1S/C18H16ClFN2O2S/c1-12-9-13(3-5-15(12)19)18(7-2-8-22-11-18)14-4-6-17(16(20)10-14)25(21,23)24/h2-10H,11H2,1H3,(H2,21,23,24). The predicted molar refractivity (Wildman–Crippen MR) is 97.2 cm³/mol. The third-order valence-corrected chi connectivity index (χ3v) is 5.71. The van der Waals surface area contributed by atoms with Crippen LogP contribution in [0.5, 0.6) is 0 Å². The molecule has 4 nitrogen and oxygen atoms in total. The normalized spacial score (nSPS) is 20.0. The molecule has 7 heteroatoms. The van der Waals surface area contributed by atoms with Crippen molar-refractivity contribution in [3.05, 3.63) is 76.1 Å². The molecule has 130 valence electrons. The Balaban J connectivity index is 2.20. The monoisotopic (exact) mass is 378 g/mol. The van der Waals surface area contributed by atoms with Gasteiger partial charge in [-0.25, -0.2) is 17.9 Å². The van der Waals surface area contributed by atoms with Crippen molar-refractivity contribution in [3.8, 4) is 0 Å². The Kier molecular flexibility index (Phi) is 4.53. The smallest absolute Gasteiger partial charge is 0.240 e. The topological polar surface area (TPSA) is 72.5 Å². The van der Waals surface area contributed by atoms with Crippen LogP contribution in [-0.2, 0) is 15.4 Å². The van der Waals surface area contributed by atoms with E-state index in [1.54, 1.807) is 24.4 Å². The second-order valence-electron chi connectivity index (χ2n) is 5.97. The highest BCUT2D eigenvalue weighted by molar-refractivity contribution is 7.89. The lowest BCUT2D eigenvalue weighted by Gasteiger charge is -2.32. The quantitative estimate of drug-likeness (QED) is 0.889. The van der Waals surface area contributed by atoms with Gasteiger partial charge in [-0.1, -0.05) is 35.9 Å². The lowest BCUT2D eigenvalue weighted by Crippen LogP contribution is -2.31. The number of aryl methyl sites for hydroxylation is 1. The number of primary sulfonamides is 1. The van der Waals surface area contributed by atoms with Crippen LogP contribution in [0.1, 0.15) is 16.7 Å². The number of allylic oxidation sites excluding steroid dienone is 1. The molecule has 0 fully saturated rings. The number of rotatable bonds is 3. The van der Waals surface area contributed by atoms with Crippen molar-refractivity contribution in [2.45, 2.75) is 17.2 Å². The molecule has 0 saturated heterocycles. The van der Waals surface area contributed by atoms with Gasteiger partial charge >= 0.3 is 0 Å².